The van der Waals surface area contributed by atoms with Gasteiger partial charge in [0.2, 0.25) is 5.91 Å². The Kier molecular flexibility index (Phi) is 15.8. The fraction of sp³-hybridized carbons (Fsp3) is 0.317. The Bertz CT molecular complexity index is 2110. The zero-order valence-electron chi connectivity index (χ0n) is 32.5. The van der Waals surface area contributed by atoms with Crippen molar-refractivity contribution in [3.05, 3.63) is 131 Å². The molecule has 2 N–H and O–H groups in total. The smallest absolute Gasteiger partial charge is 0.251 e. The van der Waals surface area contributed by atoms with E-state index in [0.717, 1.165) is 53.2 Å². The summed E-state index contributed by atoms with van der Waals surface area (Å²) in [6, 6.07) is 2.60. The van der Waals surface area contributed by atoms with Crippen LogP contribution in [-0.4, -0.2) is 83.3 Å². The van der Waals surface area contributed by atoms with Crippen molar-refractivity contribution in [3.8, 4) is 0 Å². The van der Waals surface area contributed by atoms with Crippen molar-refractivity contribution in [1.29, 1.82) is 0 Å². The number of allylic oxidation sites excluding steroid dienone is 1. The number of hydrogen-bond donors (Lipinski definition) is 2. The summed E-state index contributed by atoms with van der Waals surface area (Å²) < 4.78 is 70.2. The SMILES string of the molecule is CCc1ncc(N(C)C(=O)C(Cc2cc(F)cc(F)c2)NC(=O)C2=CC(C(=O)N[C@H](C=O)Cc3cc(F)cc(F)c3)=CCC2F)cn1.CCc1ncc(N(C)C)cn1. The molecule has 306 valence electrons. The Morgan fingerprint density at radius 3 is 1.69 bits per heavy atom. The number of benzene rings is 2. The van der Waals surface area contributed by atoms with Crippen LogP contribution in [0.25, 0.3) is 0 Å². The van der Waals surface area contributed by atoms with Gasteiger partial charge in [0.1, 0.15) is 53.4 Å². The zero-order valence-corrected chi connectivity index (χ0v) is 32.5. The van der Waals surface area contributed by atoms with Crippen molar-refractivity contribution in [3.63, 3.8) is 0 Å². The molecule has 12 nitrogen and oxygen atoms in total. The minimum atomic E-state index is -1.89. The van der Waals surface area contributed by atoms with Crippen molar-refractivity contribution in [1.82, 2.24) is 30.6 Å². The molecule has 0 fully saturated rings. The van der Waals surface area contributed by atoms with E-state index in [-0.39, 0.29) is 35.2 Å². The van der Waals surface area contributed by atoms with Gasteiger partial charge in [0.15, 0.2) is 0 Å². The van der Waals surface area contributed by atoms with Crippen LogP contribution >= 0.6 is 0 Å². The number of alkyl halides is 1. The maximum atomic E-state index is 15.1. The number of aldehydes is 1. The van der Waals surface area contributed by atoms with E-state index in [2.05, 4.69) is 30.6 Å². The lowest BCUT2D eigenvalue weighted by Crippen LogP contribution is -2.50. The summed E-state index contributed by atoms with van der Waals surface area (Å²) in [6.07, 6.45) is 7.48. The van der Waals surface area contributed by atoms with Crippen molar-refractivity contribution < 1.29 is 41.1 Å². The first-order valence-corrected chi connectivity index (χ1v) is 18.2. The largest absolute Gasteiger partial charge is 0.375 e. The molecule has 5 rings (SSSR count). The maximum Gasteiger partial charge on any atom is 0.251 e. The molecule has 3 amide bonds. The van der Waals surface area contributed by atoms with Gasteiger partial charge in [0.05, 0.1) is 47.8 Å². The molecule has 0 spiro atoms. The molecule has 3 atom stereocenters. The van der Waals surface area contributed by atoms with E-state index >= 15 is 4.39 Å². The summed E-state index contributed by atoms with van der Waals surface area (Å²) in [4.78, 5) is 71.3. The van der Waals surface area contributed by atoms with Crippen molar-refractivity contribution in [2.45, 2.75) is 64.2 Å². The van der Waals surface area contributed by atoms with Crippen LogP contribution in [0.3, 0.4) is 0 Å². The molecule has 1 aliphatic rings. The van der Waals surface area contributed by atoms with Gasteiger partial charge in [-0.15, -0.1) is 0 Å². The summed E-state index contributed by atoms with van der Waals surface area (Å²) in [7, 11) is 5.33. The number of halogens is 5. The van der Waals surface area contributed by atoms with Gasteiger partial charge in [-0.1, -0.05) is 19.9 Å². The number of aryl methyl sites for hydroxylation is 2. The third-order valence-electron chi connectivity index (χ3n) is 8.79. The molecule has 0 radical (unpaired) electrons. The first-order valence-electron chi connectivity index (χ1n) is 18.2. The van der Waals surface area contributed by atoms with Crippen molar-refractivity contribution in [2.24, 2.45) is 0 Å². The topological polar surface area (TPSA) is 150 Å². The quantitative estimate of drug-likeness (QED) is 0.134. The summed E-state index contributed by atoms with van der Waals surface area (Å²) in [6.45, 7) is 3.89. The van der Waals surface area contributed by atoms with Gasteiger partial charge in [-0.25, -0.2) is 41.9 Å². The number of hydrogen-bond acceptors (Lipinski definition) is 9. The molecule has 17 heteroatoms. The number of rotatable bonds is 14. The van der Waals surface area contributed by atoms with Crippen LogP contribution < -0.4 is 20.4 Å². The van der Waals surface area contributed by atoms with Crippen LogP contribution in [0.1, 0.15) is 43.0 Å². The van der Waals surface area contributed by atoms with Crippen LogP contribution in [0.4, 0.5) is 33.3 Å². The van der Waals surface area contributed by atoms with Gasteiger partial charge in [-0.2, -0.15) is 0 Å². The van der Waals surface area contributed by atoms with E-state index in [1.54, 1.807) is 0 Å². The highest BCUT2D eigenvalue weighted by Crippen LogP contribution is 2.23. The van der Waals surface area contributed by atoms with E-state index in [9.17, 15) is 36.7 Å². The monoisotopic (exact) mass is 806 g/mol. The molecule has 0 saturated carbocycles. The van der Waals surface area contributed by atoms with Crippen LogP contribution in [0, 0.1) is 23.3 Å². The Hall–Kier alpha value is -6.39. The molecule has 58 heavy (non-hydrogen) atoms. The average Bonchev–Trinajstić information content (AvgIpc) is 3.19. The molecule has 4 aromatic rings. The average molecular weight is 807 g/mol. The molecule has 0 bridgehead atoms. The van der Waals surface area contributed by atoms with E-state index < -0.39 is 71.2 Å². The third-order valence-corrected chi connectivity index (χ3v) is 8.79. The maximum absolute atomic E-state index is 15.1. The van der Waals surface area contributed by atoms with E-state index in [0.29, 0.717) is 30.7 Å². The number of carbonyl (C=O) groups excluding carboxylic acids is 4. The summed E-state index contributed by atoms with van der Waals surface area (Å²) in [5.41, 5.74) is 0.728. The first kappa shape index (κ1) is 44.3. The first-order chi connectivity index (χ1) is 27.6. The van der Waals surface area contributed by atoms with Gasteiger partial charge in [0.25, 0.3) is 11.8 Å². The van der Waals surface area contributed by atoms with Gasteiger partial charge >= 0.3 is 0 Å². The van der Waals surface area contributed by atoms with Crippen molar-refractivity contribution in [2.75, 3.05) is 30.9 Å². The van der Waals surface area contributed by atoms with Crippen LogP contribution in [0.2, 0.25) is 0 Å². The highest BCUT2D eigenvalue weighted by molar-refractivity contribution is 6.05. The minimum Gasteiger partial charge on any atom is -0.375 e. The molecule has 0 aliphatic heterocycles. The van der Waals surface area contributed by atoms with Crippen LogP contribution in [0.15, 0.2) is 84.5 Å². The molecular weight excluding hydrogens is 763 g/mol. The molecule has 2 heterocycles. The second kappa shape index (κ2) is 20.7. The van der Waals surface area contributed by atoms with Crippen molar-refractivity contribution >= 4 is 35.4 Å². The Morgan fingerprint density at radius 2 is 1.22 bits per heavy atom. The Morgan fingerprint density at radius 1 is 0.741 bits per heavy atom. The fourth-order valence-electron chi connectivity index (χ4n) is 5.64. The number of nitrogens with zero attached hydrogens (tertiary/aromatic N) is 6. The summed E-state index contributed by atoms with van der Waals surface area (Å²) >= 11 is 0. The van der Waals surface area contributed by atoms with E-state index in [4.69, 9.17) is 0 Å². The molecule has 2 unspecified atom stereocenters. The summed E-state index contributed by atoms with van der Waals surface area (Å²) in [5.74, 6) is -4.82. The minimum absolute atomic E-state index is 0.0274. The van der Waals surface area contributed by atoms with Gasteiger partial charge < -0.3 is 25.2 Å². The van der Waals surface area contributed by atoms with Crippen LogP contribution in [0.5, 0.6) is 0 Å². The number of nitrogens with one attached hydrogen (secondary N) is 2. The molecular formula is C41H43F5N8O4. The standard InChI is InChI=1S/C33H30F5N5O4.C8H13N3/c1-3-30-39-15-26(16-40-30)43(2)33(47)29(11-19-8-23(36)14-24(37)9-19)42-32(46)27-12-20(4-5-28(27)38)31(45)41-25(17-44)10-18-6-21(34)13-22(35)7-18;1-4-8-9-5-7(6-10-8)11(2)3/h4,6-9,12-17,25,28-29H,3,5,10-11H2,1-2H3,(H,41,45)(H,42,46);5-6H,4H2,1-3H3/t25-,28?,29?;/m0./s1. The fourth-order valence-corrected chi connectivity index (χ4v) is 5.64. The normalized spacial score (nSPS) is 14.4. The number of likely N-dealkylation sites (N-methyl/N-ethyl adjacent to an activating group) is 1. The summed E-state index contributed by atoms with van der Waals surface area (Å²) in [5, 5.41) is 4.80. The predicted molar refractivity (Wildman–Crippen MR) is 206 cm³/mol. The van der Waals surface area contributed by atoms with Crippen LogP contribution in [-0.2, 0) is 44.9 Å². The lowest BCUT2D eigenvalue weighted by molar-refractivity contribution is -0.125. The molecule has 0 saturated heterocycles. The second-order valence-corrected chi connectivity index (χ2v) is 13.4. The number of carbonyl (C=O) groups is 4. The zero-order chi connectivity index (χ0) is 42.5. The lowest BCUT2D eigenvalue weighted by Gasteiger charge is -2.26. The Labute approximate surface area is 332 Å². The predicted octanol–water partition coefficient (Wildman–Crippen LogP) is 4.91. The third kappa shape index (κ3) is 12.6. The van der Waals surface area contributed by atoms with E-state index in [1.807, 2.05) is 45.2 Å². The highest BCUT2D eigenvalue weighted by Gasteiger charge is 2.31. The molecule has 2 aromatic heterocycles. The number of aromatic nitrogens is 4. The number of amides is 3. The van der Waals surface area contributed by atoms with E-state index in [1.165, 1.54) is 25.5 Å². The Balaban J connectivity index is 0.000000583. The van der Waals surface area contributed by atoms with Gasteiger partial charge in [-0.3, -0.25) is 14.4 Å². The van der Waals surface area contributed by atoms with Gasteiger partial charge in [-0.05, 0) is 47.9 Å². The second-order valence-electron chi connectivity index (χ2n) is 13.4. The highest BCUT2D eigenvalue weighted by atomic mass is 19.1. The number of anilines is 2. The molecule has 1 aliphatic carbocycles. The molecule has 2 aromatic carbocycles. The van der Waals surface area contributed by atoms with Gasteiger partial charge in [0, 0.05) is 64.5 Å². The lowest BCUT2D eigenvalue weighted by atomic mass is 9.95.